The largest absolute Gasteiger partial charge is 0.416 e. The van der Waals surface area contributed by atoms with Gasteiger partial charge in [-0.05, 0) is 37.5 Å². The maximum atomic E-state index is 13.5. The van der Waals surface area contributed by atoms with Crippen LogP contribution in [0, 0.1) is 0 Å². The summed E-state index contributed by atoms with van der Waals surface area (Å²) in [6.45, 7) is 0.0532. The number of rotatable bonds is 4. The molecule has 160 valence electrons. The van der Waals surface area contributed by atoms with E-state index in [1.165, 1.54) is 7.05 Å². The second-order valence-corrected chi connectivity index (χ2v) is 11.0. The van der Waals surface area contributed by atoms with Crippen LogP contribution in [-0.2, 0) is 42.6 Å². The Morgan fingerprint density at radius 3 is 2.34 bits per heavy atom. The quantitative estimate of drug-likeness (QED) is 0.708. The van der Waals surface area contributed by atoms with Gasteiger partial charge in [-0.1, -0.05) is 6.07 Å². The van der Waals surface area contributed by atoms with Crippen molar-refractivity contribution >= 4 is 19.7 Å². The monoisotopic (exact) mass is 452 g/mol. The third-order valence-electron chi connectivity index (χ3n) is 4.77. The van der Waals surface area contributed by atoms with Crippen LogP contribution >= 0.6 is 0 Å². The molecule has 0 spiro atoms. The highest BCUT2D eigenvalue weighted by Gasteiger charge is 2.51. The van der Waals surface area contributed by atoms with Crippen molar-refractivity contribution in [3.05, 3.63) is 41.6 Å². The second-order valence-electron chi connectivity index (χ2n) is 6.85. The van der Waals surface area contributed by atoms with Gasteiger partial charge in [0.25, 0.3) is 0 Å². The van der Waals surface area contributed by atoms with Crippen LogP contribution in [0.25, 0.3) is 0 Å². The van der Waals surface area contributed by atoms with Gasteiger partial charge in [0.05, 0.1) is 16.2 Å². The van der Waals surface area contributed by atoms with Crippen LogP contribution in [0.3, 0.4) is 0 Å². The highest BCUT2D eigenvalue weighted by atomic mass is 32.2. The number of benzene rings is 1. The molecule has 0 amide bonds. The molecule has 0 bridgehead atoms. The normalized spacial score (nSPS) is 21.3. The molecule has 2 aromatic rings. The minimum atomic E-state index is -4.72. The molecule has 1 aromatic heterocycles. The Kier molecular flexibility index (Phi) is 5.33. The molecule has 0 saturated carbocycles. The van der Waals surface area contributed by atoms with E-state index in [9.17, 15) is 30.0 Å². The fraction of sp³-hybridized carbons (Fsp3) is 0.471. The molecule has 7 nitrogen and oxygen atoms in total. The summed E-state index contributed by atoms with van der Waals surface area (Å²) in [5.41, 5.74) is -1.15. The van der Waals surface area contributed by atoms with Crippen LogP contribution in [0.4, 0.5) is 13.2 Å². The number of alkyl halides is 3. The van der Waals surface area contributed by atoms with E-state index in [0.29, 0.717) is 18.9 Å². The van der Waals surface area contributed by atoms with Crippen LogP contribution in [0.15, 0.2) is 40.3 Å². The third-order valence-corrected chi connectivity index (χ3v) is 8.00. The summed E-state index contributed by atoms with van der Waals surface area (Å²) in [7, 11) is -6.86. The van der Waals surface area contributed by atoms with Gasteiger partial charge in [-0.25, -0.2) is 16.8 Å². The number of nitrogens with zero attached hydrogens (tertiary/aromatic N) is 2. The molecule has 1 fully saturated rings. The SMILES string of the molecule is Cn1nc(S(C)(=O)=O)cc1C1(S(=O)(=O)c2cccc(C(F)(F)F)c2)CCCCO1. The molecule has 1 aliphatic heterocycles. The maximum Gasteiger partial charge on any atom is 0.416 e. The van der Waals surface area contributed by atoms with Gasteiger partial charge in [0, 0.05) is 26.0 Å². The number of sulfone groups is 2. The van der Waals surface area contributed by atoms with E-state index >= 15 is 0 Å². The van der Waals surface area contributed by atoms with Gasteiger partial charge in [0.1, 0.15) is 0 Å². The first-order valence-electron chi connectivity index (χ1n) is 8.59. The van der Waals surface area contributed by atoms with Gasteiger partial charge in [0.2, 0.25) is 14.8 Å². The second kappa shape index (κ2) is 7.10. The van der Waals surface area contributed by atoms with E-state index in [1.807, 2.05) is 0 Å². The molecule has 1 saturated heterocycles. The Bertz CT molecular complexity index is 1130. The number of ether oxygens (including phenoxy) is 1. The fourth-order valence-corrected chi connectivity index (χ4v) is 5.96. The van der Waals surface area contributed by atoms with Crippen molar-refractivity contribution < 1.29 is 34.7 Å². The first-order valence-corrected chi connectivity index (χ1v) is 12.0. The zero-order valence-electron chi connectivity index (χ0n) is 15.6. The van der Waals surface area contributed by atoms with E-state index in [-0.39, 0.29) is 23.7 Å². The number of halogens is 3. The Hall–Kier alpha value is -1.92. The van der Waals surface area contributed by atoms with Crippen molar-refractivity contribution in [1.82, 2.24) is 9.78 Å². The van der Waals surface area contributed by atoms with Crippen molar-refractivity contribution in [2.45, 2.75) is 40.3 Å². The van der Waals surface area contributed by atoms with Crippen molar-refractivity contribution in [1.29, 1.82) is 0 Å². The standard InChI is InChI=1S/C17H19F3N2O5S2/c1-22-14(11-15(21-22)28(2,23)24)16(8-3-4-9-27-16)29(25,26)13-7-5-6-12(10-13)17(18,19)20/h5-7,10-11H,3-4,8-9H2,1-2H3. The number of aryl methyl sites for hydroxylation is 1. The molecule has 1 unspecified atom stereocenters. The van der Waals surface area contributed by atoms with Gasteiger partial charge in [-0.3, -0.25) is 4.68 Å². The Balaban J connectivity index is 2.24. The van der Waals surface area contributed by atoms with Crippen molar-refractivity contribution in [2.24, 2.45) is 7.05 Å². The Morgan fingerprint density at radius 2 is 1.83 bits per heavy atom. The van der Waals surface area contributed by atoms with Crippen LogP contribution < -0.4 is 0 Å². The highest BCUT2D eigenvalue weighted by molar-refractivity contribution is 7.92. The topological polar surface area (TPSA) is 95.3 Å². The average Bonchev–Trinajstić information content (AvgIpc) is 3.04. The smallest absolute Gasteiger partial charge is 0.353 e. The van der Waals surface area contributed by atoms with Crippen LogP contribution in [0.1, 0.15) is 30.5 Å². The lowest BCUT2D eigenvalue weighted by Crippen LogP contribution is -2.43. The number of hydrogen-bond donors (Lipinski definition) is 0. The molecule has 1 aromatic carbocycles. The summed E-state index contributed by atoms with van der Waals surface area (Å²) in [6.07, 6.45) is -2.85. The average molecular weight is 452 g/mol. The molecule has 0 aliphatic carbocycles. The summed E-state index contributed by atoms with van der Waals surface area (Å²) in [6, 6.07) is 4.52. The molecular weight excluding hydrogens is 433 g/mol. The van der Waals surface area contributed by atoms with Gasteiger partial charge in [-0.15, -0.1) is 0 Å². The van der Waals surface area contributed by atoms with Crippen LogP contribution in [-0.4, -0.2) is 39.5 Å². The van der Waals surface area contributed by atoms with E-state index in [0.717, 1.165) is 35.2 Å². The van der Waals surface area contributed by atoms with Gasteiger partial charge < -0.3 is 4.74 Å². The molecule has 1 aliphatic rings. The van der Waals surface area contributed by atoms with E-state index in [1.54, 1.807) is 0 Å². The van der Waals surface area contributed by atoms with Gasteiger partial charge >= 0.3 is 6.18 Å². The van der Waals surface area contributed by atoms with Crippen LogP contribution in [0.2, 0.25) is 0 Å². The molecular formula is C17H19F3N2O5S2. The summed E-state index contributed by atoms with van der Waals surface area (Å²) in [5, 5.41) is 3.53. The minimum absolute atomic E-state index is 0.0463. The summed E-state index contributed by atoms with van der Waals surface area (Å²) in [4.78, 5) is -2.60. The van der Waals surface area contributed by atoms with E-state index in [2.05, 4.69) is 5.10 Å². The van der Waals surface area contributed by atoms with Crippen molar-refractivity contribution in [2.75, 3.05) is 12.9 Å². The van der Waals surface area contributed by atoms with Crippen molar-refractivity contribution in [3.63, 3.8) is 0 Å². The molecule has 1 atom stereocenters. The lowest BCUT2D eigenvalue weighted by molar-refractivity contribution is -0.137. The summed E-state index contributed by atoms with van der Waals surface area (Å²) < 4.78 is 96.9. The molecule has 3 rings (SSSR count). The van der Waals surface area contributed by atoms with Crippen LogP contribution in [0.5, 0.6) is 0 Å². The molecule has 2 heterocycles. The summed E-state index contributed by atoms with van der Waals surface area (Å²) >= 11 is 0. The predicted octanol–water partition coefficient (Wildman–Crippen LogP) is 2.67. The molecule has 0 N–H and O–H groups in total. The van der Waals surface area contributed by atoms with Crippen molar-refractivity contribution in [3.8, 4) is 0 Å². The highest BCUT2D eigenvalue weighted by Crippen LogP contribution is 2.44. The minimum Gasteiger partial charge on any atom is -0.353 e. The predicted molar refractivity (Wildman–Crippen MR) is 96.4 cm³/mol. The fourth-order valence-electron chi connectivity index (χ4n) is 3.33. The number of hydrogen-bond acceptors (Lipinski definition) is 6. The molecule has 29 heavy (non-hydrogen) atoms. The first kappa shape index (κ1) is 21.8. The molecule has 12 heteroatoms. The van der Waals surface area contributed by atoms with Gasteiger partial charge in [-0.2, -0.15) is 18.3 Å². The maximum absolute atomic E-state index is 13.5. The zero-order valence-corrected chi connectivity index (χ0v) is 17.2. The van der Waals surface area contributed by atoms with E-state index in [4.69, 9.17) is 4.74 Å². The number of aromatic nitrogens is 2. The zero-order chi connectivity index (χ0) is 21.7. The summed E-state index contributed by atoms with van der Waals surface area (Å²) in [5.74, 6) is 0. The van der Waals surface area contributed by atoms with Gasteiger partial charge in [0.15, 0.2) is 14.9 Å². The Labute approximate surface area is 166 Å². The lowest BCUT2D eigenvalue weighted by atomic mass is 10.1. The third kappa shape index (κ3) is 3.80. The lowest BCUT2D eigenvalue weighted by Gasteiger charge is -2.36. The first-order chi connectivity index (χ1) is 13.3. The molecule has 0 radical (unpaired) electrons. The van der Waals surface area contributed by atoms with E-state index < -0.39 is 41.2 Å². The Morgan fingerprint density at radius 1 is 1.14 bits per heavy atom.